The number of fused-ring (bicyclic) bond motifs is 1. The van der Waals surface area contributed by atoms with Crippen LogP contribution in [0.25, 0.3) is 22.0 Å². The monoisotopic (exact) mass is 795 g/mol. The van der Waals surface area contributed by atoms with Crippen molar-refractivity contribution < 1.29 is 14.3 Å². The standard InChI is InChI=1S/C29H15Br3Cl3N3O3/c30-15-9-14(27(20(32)11-15)41-29(40)18-6-2-4-8-22(18)34)13-36-38-28(39)26-24(17-5-1-3-7-21(17)33)19-10-16(31)12-23(35)25(19)37-26/h1-13,37H,(H,38,39). The first-order chi connectivity index (χ1) is 19.6. The van der Waals surface area contributed by atoms with Crippen LogP contribution in [0.3, 0.4) is 0 Å². The van der Waals surface area contributed by atoms with Gasteiger partial charge in [0.15, 0.2) is 5.75 Å². The molecule has 5 rings (SSSR count). The third-order valence-electron chi connectivity index (χ3n) is 5.89. The summed E-state index contributed by atoms with van der Waals surface area (Å²) in [5, 5.41) is 6.00. The largest absolute Gasteiger partial charge is 0.421 e. The van der Waals surface area contributed by atoms with Gasteiger partial charge in [-0.1, -0.05) is 97.0 Å². The van der Waals surface area contributed by atoms with Crippen LogP contribution < -0.4 is 10.2 Å². The van der Waals surface area contributed by atoms with Gasteiger partial charge in [0, 0.05) is 36.0 Å². The van der Waals surface area contributed by atoms with Crippen molar-refractivity contribution in [3.8, 4) is 16.9 Å². The minimum absolute atomic E-state index is 0.190. The van der Waals surface area contributed by atoms with E-state index in [1.807, 2.05) is 18.2 Å². The highest BCUT2D eigenvalue weighted by atomic mass is 79.9. The van der Waals surface area contributed by atoms with E-state index >= 15 is 0 Å². The molecule has 1 heterocycles. The summed E-state index contributed by atoms with van der Waals surface area (Å²) in [4.78, 5) is 29.4. The van der Waals surface area contributed by atoms with Crippen LogP contribution in [0.2, 0.25) is 15.1 Å². The lowest BCUT2D eigenvalue weighted by atomic mass is 10.0. The highest BCUT2D eigenvalue weighted by Gasteiger charge is 2.23. The number of carbonyl (C=O) groups is 2. The Morgan fingerprint density at radius 3 is 2.27 bits per heavy atom. The highest BCUT2D eigenvalue weighted by molar-refractivity contribution is 9.11. The van der Waals surface area contributed by atoms with E-state index in [2.05, 4.69) is 63.3 Å². The number of hydrogen-bond acceptors (Lipinski definition) is 4. The zero-order chi connectivity index (χ0) is 29.3. The van der Waals surface area contributed by atoms with Gasteiger partial charge in [0.2, 0.25) is 0 Å². The summed E-state index contributed by atoms with van der Waals surface area (Å²) in [6, 6.07) is 20.7. The molecule has 206 valence electrons. The second kappa shape index (κ2) is 12.7. The average molecular weight is 800 g/mol. The lowest BCUT2D eigenvalue weighted by Gasteiger charge is -2.11. The Morgan fingerprint density at radius 1 is 0.854 bits per heavy atom. The molecular weight excluding hydrogens is 784 g/mol. The third-order valence-corrected chi connectivity index (χ3v) is 8.35. The van der Waals surface area contributed by atoms with Crippen molar-refractivity contribution in [3.63, 3.8) is 0 Å². The molecule has 0 aliphatic carbocycles. The van der Waals surface area contributed by atoms with Crippen LogP contribution in [-0.2, 0) is 0 Å². The number of ether oxygens (including phenoxy) is 1. The molecule has 5 aromatic rings. The summed E-state index contributed by atoms with van der Waals surface area (Å²) in [7, 11) is 0. The fourth-order valence-corrected chi connectivity index (χ4v) is 6.75. The summed E-state index contributed by atoms with van der Waals surface area (Å²) >= 11 is 29.5. The van der Waals surface area contributed by atoms with Crippen molar-refractivity contribution in [2.24, 2.45) is 5.10 Å². The van der Waals surface area contributed by atoms with Crippen molar-refractivity contribution in [1.29, 1.82) is 0 Å². The molecule has 0 saturated carbocycles. The van der Waals surface area contributed by atoms with E-state index in [4.69, 9.17) is 39.5 Å². The topological polar surface area (TPSA) is 83.5 Å². The maximum Gasteiger partial charge on any atom is 0.345 e. The molecule has 0 saturated heterocycles. The summed E-state index contributed by atoms with van der Waals surface area (Å²) in [5.41, 5.74) is 5.15. The van der Waals surface area contributed by atoms with Crippen LogP contribution in [0.15, 0.2) is 91.3 Å². The van der Waals surface area contributed by atoms with Gasteiger partial charge in [-0.05, 0) is 58.4 Å². The normalized spacial score (nSPS) is 11.3. The van der Waals surface area contributed by atoms with Crippen molar-refractivity contribution in [2.75, 3.05) is 0 Å². The predicted octanol–water partition coefficient (Wildman–Crippen LogP) is 10.1. The minimum Gasteiger partial charge on any atom is -0.421 e. The molecular formula is C29H15Br3Cl3N3O3. The van der Waals surface area contributed by atoms with Crippen molar-refractivity contribution in [1.82, 2.24) is 10.4 Å². The molecule has 0 aliphatic rings. The number of aromatic amines is 1. The molecule has 1 aromatic heterocycles. The molecule has 0 bridgehead atoms. The van der Waals surface area contributed by atoms with Crippen molar-refractivity contribution in [3.05, 3.63) is 118 Å². The van der Waals surface area contributed by atoms with E-state index in [1.165, 1.54) is 6.21 Å². The Morgan fingerprint density at radius 2 is 1.54 bits per heavy atom. The number of H-pyrrole nitrogens is 1. The number of hydrogen-bond donors (Lipinski definition) is 2. The maximum absolute atomic E-state index is 13.5. The fraction of sp³-hybridized carbons (Fsp3) is 0. The van der Waals surface area contributed by atoms with Gasteiger partial charge in [-0.25, -0.2) is 10.2 Å². The molecule has 2 N–H and O–H groups in total. The van der Waals surface area contributed by atoms with Gasteiger partial charge in [-0.15, -0.1) is 0 Å². The van der Waals surface area contributed by atoms with Gasteiger partial charge < -0.3 is 9.72 Å². The minimum atomic E-state index is -0.650. The van der Waals surface area contributed by atoms with Crippen molar-refractivity contribution in [2.45, 2.75) is 0 Å². The van der Waals surface area contributed by atoms with Crippen LogP contribution >= 0.6 is 82.6 Å². The molecule has 4 aromatic carbocycles. The molecule has 1 amide bonds. The Balaban J connectivity index is 1.49. The van der Waals surface area contributed by atoms with Crippen LogP contribution in [0.1, 0.15) is 26.4 Å². The molecule has 6 nitrogen and oxygen atoms in total. The van der Waals surface area contributed by atoms with E-state index in [9.17, 15) is 9.59 Å². The Bertz CT molecular complexity index is 1870. The number of esters is 1. The lowest BCUT2D eigenvalue weighted by molar-refractivity contribution is 0.0733. The van der Waals surface area contributed by atoms with Gasteiger partial charge in [0.25, 0.3) is 5.91 Å². The smallest absolute Gasteiger partial charge is 0.345 e. The van der Waals surface area contributed by atoms with Gasteiger partial charge in [-0.2, -0.15) is 5.10 Å². The summed E-state index contributed by atoms with van der Waals surface area (Å²) in [6.07, 6.45) is 1.37. The van der Waals surface area contributed by atoms with E-state index in [0.29, 0.717) is 46.6 Å². The molecule has 0 fully saturated rings. The maximum atomic E-state index is 13.5. The number of benzene rings is 4. The molecule has 0 spiro atoms. The number of nitrogens with zero attached hydrogens (tertiary/aromatic N) is 1. The number of halogens is 6. The molecule has 0 atom stereocenters. The first-order valence-electron chi connectivity index (χ1n) is 11.7. The first kappa shape index (κ1) is 29.8. The third kappa shape index (κ3) is 6.40. The number of aromatic nitrogens is 1. The van der Waals surface area contributed by atoms with Crippen LogP contribution in [0, 0.1) is 0 Å². The summed E-state index contributed by atoms with van der Waals surface area (Å²) < 4.78 is 7.57. The van der Waals surface area contributed by atoms with E-state index in [0.717, 1.165) is 4.47 Å². The van der Waals surface area contributed by atoms with Gasteiger partial charge in [-0.3, -0.25) is 4.79 Å². The SMILES string of the molecule is O=C(Oc1c(Br)cc(Br)cc1C=NNC(=O)c1[nH]c2c(Cl)cc(Br)cc2c1-c1ccccc1Cl)c1ccccc1Cl. The number of hydrazone groups is 1. The van der Waals surface area contributed by atoms with Gasteiger partial charge >= 0.3 is 5.97 Å². The number of amides is 1. The lowest BCUT2D eigenvalue weighted by Crippen LogP contribution is -2.19. The molecule has 0 aliphatic heterocycles. The number of carbonyl (C=O) groups excluding carboxylic acids is 2. The van der Waals surface area contributed by atoms with Crippen LogP contribution in [-0.4, -0.2) is 23.1 Å². The zero-order valence-corrected chi connectivity index (χ0v) is 27.5. The number of rotatable bonds is 6. The zero-order valence-electron chi connectivity index (χ0n) is 20.4. The molecule has 12 heteroatoms. The predicted molar refractivity (Wildman–Crippen MR) is 175 cm³/mol. The second-order valence-corrected chi connectivity index (χ2v) is 12.4. The molecule has 0 radical (unpaired) electrons. The van der Waals surface area contributed by atoms with Crippen molar-refractivity contribution >= 4 is 112 Å². The second-order valence-electron chi connectivity index (χ2n) is 8.54. The Labute approximate surface area is 274 Å². The average Bonchev–Trinajstić information content (AvgIpc) is 3.30. The van der Waals surface area contributed by atoms with E-state index < -0.39 is 11.9 Å². The van der Waals surface area contributed by atoms with E-state index in [-0.39, 0.29) is 22.0 Å². The Hall–Kier alpha value is -2.66. The summed E-state index contributed by atoms with van der Waals surface area (Å²) in [6.45, 7) is 0. The van der Waals surface area contributed by atoms with Crippen LogP contribution in [0.5, 0.6) is 5.75 Å². The highest BCUT2D eigenvalue weighted by Crippen LogP contribution is 2.40. The van der Waals surface area contributed by atoms with Gasteiger partial charge in [0.05, 0.1) is 31.8 Å². The van der Waals surface area contributed by atoms with E-state index in [1.54, 1.807) is 54.6 Å². The van der Waals surface area contributed by atoms with Gasteiger partial charge in [0.1, 0.15) is 5.69 Å². The summed E-state index contributed by atoms with van der Waals surface area (Å²) in [5.74, 6) is -0.999. The Kier molecular flexibility index (Phi) is 9.23. The fourth-order valence-electron chi connectivity index (χ4n) is 4.11. The molecule has 41 heavy (non-hydrogen) atoms. The first-order valence-corrected chi connectivity index (χ1v) is 15.2. The van der Waals surface area contributed by atoms with Crippen LogP contribution in [0.4, 0.5) is 0 Å². The number of nitrogens with one attached hydrogen (secondary N) is 2. The quantitative estimate of drug-likeness (QED) is 0.0777. The molecule has 0 unspecified atom stereocenters.